The number of ether oxygens (including phenoxy) is 1. The maximum absolute atomic E-state index is 12.5. The normalized spacial score (nSPS) is 10.9. The van der Waals surface area contributed by atoms with Gasteiger partial charge in [-0.05, 0) is 72.7 Å². The van der Waals surface area contributed by atoms with Gasteiger partial charge in [0.15, 0.2) is 11.6 Å². The van der Waals surface area contributed by atoms with Gasteiger partial charge in [-0.25, -0.2) is 4.79 Å². The molecule has 7 nitrogen and oxygen atoms in total. The number of anilines is 2. The van der Waals surface area contributed by atoms with Crippen molar-refractivity contribution in [3.05, 3.63) is 88.7 Å². The molecular weight excluding hydrogens is 450 g/mol. The molecule has 4 aromatic rings. The Labute approximate surface area is 203 Å². The summed E-state index contributed by atoms with van der Waals surface area (Å²) < 4.78 is 7.20. The molecule has 0 spiro atoms. The summed E-state index contributed by atoms with van der Waals surface area (Å²) in [6.45, 7) is 1.95. The van der Waals surface area contributed by atoms with Crippen LogP contribution in [0.5, 0.6) is 5.75 Å². The van der Waals surface area contributed by atoms with Gasteiger partial charge in [0, 0.05) is 23.3 Å². The lowest BCUT2D eigenvalue weighted by molar-refractivity contribution is 0.262. The first-order valence-corrected chi connectivity index (χ1v) is 11.0. The van der Waals surface area contributed by atoms with Crippen molar-refractivity contribution in [2.24, 2.45) is 7.05 Å². The number of carbonyl (C=O) groups is 1. The molecule has 8 heteroatoms. The zero-order valence-electron chi connectivity index (χ0n) is 19.0. The number of methoxy groups -OCH3 is 1. The first kappa shape index (κ1) is 23.1. The number of aromatic nitrogens is 3. The molecule has 1 heterocycles. The standard InChI is InChI=1S/C26H24ClN5O2/c1-17-8-14-23(34-3)22(16-17)29-26(33)28-20-12-9-19(10-13-20)25-31-30-24(32(25)2)15-11-18-6-4-5-7-21(18)27/h4-16H,1-3H3,(H2,28,29,33)/b15-11+. The third kappa shape index (κ3) is 5.27. The second-order valence-corrected chi connectivity index (χ2v) is 8.06. The summed E-state index contributed by atoms with van der Waals surface area (Å²) in [6.07, 6.45) is 3.78. The maximum atomic E-state index is 12.5. The molecule has 0 saturated heterocycles. The highest BCUT2D eigenvalue weighted by atomic mass is 35.5. The van der Waals surface area contributed by atoms with Gasteiger partial charge in [-0.3, -0.25) is 0 Å². The Morgan fingerprint density at radius 1 is 1.00 bits per heavy atom. The topological polar surface area (TPSA) is 81.1 Å². The molecule has 4 rings (SSSR count). The van der Waals surface area contributed by atoms with Crippen LogP contribution in [0.15, 0.2) is 66.7 Å². The number of rotatable bonds is 6. The van der Waals surface area contributed by atoms with Crippen LogP contribution in [0.3, 0.4) is 0 Å². The summed E-state index contributed by atoms with van der Waals surface area (Å²) in [6, 6.07) is 20.2. The molecule has 0 radical (unpaired) electrons. The summed E-state index contributed by atoms with van der Waals surface area (Å²) in [7, 11) is 3.47. The van der Waals surface area contributed by atoms with Gasteiger partial charge in [-0.1, -0.05) is 35.9 Å². The average molecular weight is 474 g/mol. The van der Waals surface area contributed by atoms with Crippen molar-refractivity contribution in [2.75, 3.05) is 17.7 Å². The first-order valence-electron chi connectivity index (χ1n) is 10.6. The molecule has 0 aliphatic heterocycles. The fraction of sp³-hybridized carbons (Fsp3) is 0.115. The Morgan fingerprint density at radius 2 is 1.76 bits per heavy atom. The van der Waals surface area contributed by atoms with E-state index < -0.39 is 0 Å². The summed E-state index contributed by atoms with van der Waals surface area (Å²) in [5.41, 5.74) is 4.05. The smallest absolute Gasteiger partial charge is 0.323 e. The molecule has 0 atom stereocenters. The minimum Gasteiger partial charge on any atom is -0.495 e. The van der Waals surface area contributed by atoms with Crippen molar-refractivity contribution in [1.29, 1.82) is 0 Å². The molecule has 172 valence electrons. The lowest BCUT2D eigenvalue weighted by Crippen LogP contribution is -2.19. The van der Waals surface area contributed by atoms with Gasteiger partial charge < -0.3 is 19.9 Å². The highest BCUT2D eigenvalue weighted by Gasteiger charge is 2.11. The van der Waals surface area contributed by atoms with Gasteiger partial charge in [-0.15, -0.1) is 10.2 Å². The highest BCUT2D eigenvalue weighted by molar-refractivity contribution is 6.32. The van der Waals surface area contributed by atoms with Crippen LogP contribution in [0.25, 0.3) is 23.5 Å². The van der Waals surface area contributed by atoms with Crippen LogP contribution in [0, 0.1) is 6.92 Å². The Morgan fingerprint density at radius 3 is 2.50 bits per heavy atom. The Bertz CT molecular complexity index is 1350. The number of carbonyl (C=O) groups excluding carboxylic acids is 1. The van der Waals surface area contributed by atoms with Crippen LogP contribution < -0.4 is 15.4 Å². The number of halogens is 1. The highest BCUT2D eigenvalue weighted by Crippen LogP contribution is 2.26. The fourth-order valence-corrected chi connectivity index (χ4v) is 3.62. The third-order valence-corrected chi connectivity index (χ3v) is 5.57. The average Bonchev–Trinajstić information content (AvgIpc) is 3.19. The number of hydrogen-bond donors (Lipinski definition) is 2. The quantitative estimate of drug-likeness (QED) is 0.346. The largest absolute Gasteiger partial charge is 0.495 e. The number of benzene rings is 3. The van der Waals surface area contributed by atoms with Crippen LogP contribution in [0.1, 0.15) is 17.0 Å². The number of amides is 2. The van der Waals surface area contributed by atoms with Gasteiger partial charge in [0.25, 0.3) is 0 Å². The van der Waals surface area contributed by atoms with Crippen molar-refractivity contribution in [3.63, 3.8) is 0 Å². The molecule has 0 aliphatic carbocycles. The molecule has 3 aromatic carbocycles. The van der Waals surface area contributed by atoms with E-state index in [4.69, 9.17) is 16.3 Å². The minimum absolute atomic E-state index is 0.359. The first-order chi connectivity index (χ1) is 16.4. The van der Waals surface area contributed by atoms with Crippen molar-refractivity contribution in [2.45, 2.75) is 6.92 Å². The zero-order valence-corrected chi connectivity index (χ0v) is 19.8. The predicted octanol–water partition coefficient (Wildman–Crippen LogP) is 6.27. The van der Waals surface area contributed by atoms with Crippen LogP contribution >= 0.6 is 11.6 Å². The van der Waals surface area contributed by atoms with Gasteiger partial charge in [-0.2, -0.15) is 0 Å². The maximum Gasteiger partial charge on any atom is 0.323 e. The summed E-state index contributed by atoms with van der Waals surface area (Å²) in [4.78, 5) is 12.5. The number of nitrogens with zero attached hydrogens (tertiary/aromatic N) is 3. The van der Waals surface area contributed by atoms with Crippen molar-refractivity contribution in [3.8, 4) is 17.1 Å². The Balaban J connectivity index is 1.44. The second-order valence-electron chi connectivity index (χ2n) is 7.66. The molecule has 0 aliphatic rings. The van der Waals surface area contributed by atoms with E-state index in [1.807, 2.05) is 97.4 Å². The predicted molar refractivity (Wildman–Crippen MR) is 137 cm³/mol. The molecular formula is C26H24ClN5O2. The van der Waals surface area contributed by atoms with Crippen LogP contribution in [-0.4, -0.2) is 27.9 Å². The lowest BCUT2D eigenvalue weighted by Gasteiger charge is -2.12. The van der Waals surface area contributed by atoms with E-state index in [-0.39, 0.29) is 6.03 Å². The van der Waals surface area contributed by atoms with Crippen LogP contribution in [0.4, 0.5) is 16.2 Å². The lowest BCUT2D eigenvalue weighted by atomic mass is 10.2. The van der Waals surface area contributed by atoms with Gasteiger partial charge >= 0.3 is 6.03 Å². The van der Waals surface area contributed by atoms with E-state index >= 15 is 0 Å². The third-order valence-electron chi connectivity index (χ3n) is 5.23. The van der Waals surface area contributed by atoms with Crippen LogP contribution in [0.2, 0.25) is 5.02 Å². The van der Waals surface area contributed by atoms with Gasteiger partial charge in [0.05, 0.1) is 12.8 Å². The van der Waals surface area contributed by atoms with E-state index in [0.717, 1.165) is 16.7 Å². The van der Waals surface area contributed by atoms with E-state index in [0.29, 0.717) is 33.8 Å². The van der Waals surface area contributed by atoms with Crippen LogP contribution in [-0.2, 0) is 7.05 Å². The van der Waals surface area contributed by atoms with E-state index in [2.05, 4.69) is 20.8 Å². The van der Waals surface area contributed by atoms with Gasteiger partial charge in [0.1, 0.15) is 5.75 Å². The molecule has 0 bridgehead atoms. The number of urea groups is 1. The van der Waals surface area contributed by atoms with E-state index in [9.17, 15) is 4.79 Å². The SMILES string of the molecule is COc1ccc(C)cc1NC(=O)Nc1ccc(-c2nnc(/C=C/c3ccccc3Cl)n2C)cc1. The molecule has 1 aromatic heterocycles. The Hall–Kier alpha value is -4.10. The fourth-order valence-electron chi connectivity index (χ4n) is 3.42. The number of hydrogen-bond acceptors (Lipinski definition) is 4. The molecule has 0 saturated carbocycles. The molecule has 0 fully saturated rings. The second kappa shape index (κ2) is 10.2. The van der Waals surface area contributed by atoms with Crippen molar-refractivity contribution >= 4 is 41.2 Å². The molecule has 0 unspecified atom stereocenters. The van der Waals surface area contributed by atoms with Gasteiger partial charge in [0.2, 0.25) is 0 Å². The Kier molecular flexibility index (Phi) is 6.94. The minimum atomic E-state index is -0.359. The van der Waals surface area contributed by atoms with E-state index in [1.54, 1.807) is 7.11 Å². The molecule has 2 amide bonds. The molecule has 34 heavy (non-hydrogen) atoms. The monoisotopic (exact) mass is 473 g/mol. The molecule has 2 N–H and O–H groups in total. The summed E-state index contributed by atoms with van der Waals surface area (Å²) in [5, 5.41) is 14.9. The zero-order chi connectivity index (χ0) is 24.1. The number of aryl methyl sites for hydroxylation is 1. The summed E-state index contributed by atoms with van der Waals surface area (Å²) >= 11 is 6.21. The number of nitrogens with one attached hydrogen (secondary N) is 2. The van der Waals surface area contributed by atoms with E-state index in [1.165, 1.54) is 0 Å². The van der Waals surface area contributed by atoms with Crippen molar-refractivity contribution in [1.82, 2.24) is 14.8 Å². The van der Waals surface area contributed by atoms with Crippen molar-refractivity contribution < 1.29 is 9.53 Å². The summed E-state index contributed by atoms with van der Waals surface area (Å²) in [5.74, 6) is 2.00.